The van der Waals surface area contributed by atoms with Crippen molar-refractivity contribution < 1.29 is 4.42 Å². The van der Waals surface area contributed by atoms with Crippen LogP contribution in [0.25, 0.3) is 108 Å². The zero-order valence-corrected chi connectivity index (χ0v) is 29.7. The summed E-state index contributed by atoms with van der Waals surface area (Å²) < 4.78 is 9.84. The molecule has 0 radical (unpaired) electrons. The number of thiophene rings is 1. The van der Waals surface area contributed by atoms with E-state index in [0.717, 1.165) is 65.7 Å². The van der Waals surface area contributed by atoms with Gasteiger partial charge < -0.3 is 4.42 Å². The quantitative estimate of drug-likeness (QED) is 0.178. The van der Waals surface area contributed by atoms with E-state index in [2.05, 4.69) is 91.0 Å². The summed E-state index contributed by atoms with van der Waals surface area (Å²) in [5.41, 5.74) is 8.96. The molecule has 7 heteroatoms. The third-order valence-corrected chi connectivity index (χ3v) is 12.0. The molecule has 7 aromatic carbocycles. The Hall–Kier alpha value is -6.54. The van der Waals surface area contributed by atoms with Gasteiger partial charge in [-0.15, -0.1) is 22.7 Å². The van der Waals surface area contributed by atoms with Crippen molar-refractivity contribution in [2.45, 2.75) is 0 Å². The Morgan fingerprint density at radius 2 is 1.04 bits per heavy atom. The van der Waals surface area contributed by atoms with Crippen LogP contribution in [0.2, 0.25) is 0 Å². The Morgan fingerprint density at radius 3 is 1.92 bits per heavy atom. The highest BCUT2D eigenvalue weighted by Gasteiger charge is 2.20. The van der Waals surface area contributed by atoms with E-state index in [4.69, 9.17) is 24.4 Å². The number of para-hydroxylation sites is 2. The summed E-state index contributed by atoms with van der Waals surface area (Å²) in [4.78, 5) is 20.4. The molecular formula is C46H26N4OS2. The van der Waals surface area contributed by atoms with Crippen molar-refractivity contribution in [3.63, 3.8) is 0 Å². The Kier molecular flexibility index (Phi) is 6.83. The van der Waals surface area contributed by atoms with Gasteiger partial charge in [0.1, 0.15) is 16.2 Å². The van der Waals surface area contributed by atoms with Crippen LogP contribution >= 0.6 is 22.7 Å². The summed E-state index contributed by atoms with van der Waals surface area (Å²) in [7, 11) is 0. The lowest BCUT2D eigenvalue weighted by Crippen LogP contribution is -2.00. The Morgan fingerprint density at radius 1 is 0.377 bits per heavy atom. The van der Waals surface area contributed by atoms with Gasteiger partial charge in [0, 0.05) is 53.2 Å². The lowest BCUT2D eigenvalue weighted by Gasteiger charge is -2.10. The van der Waals surface area contributed by atoms with Crippen LogP contribution in [-0.2, 0) is 0 Å². The van der Waals surface area contributed by atoms with Crippen LogP contribution in [0.5, 0.6) is 0 Å². The summed E-state index contributed by atoms with van der Waals surface area (Å²) in [5.74, 6) is 1.87. The van der Waals surface area contributed by atoms with Crippen LogP contribution in [0.3, 0.4) is 0 Å². The first-order valence-corrected chi connectivity index (χ1v) is 19.0. The van der Waals surface area contributed by atoms with Gasteiger partial charge in [0.15, 0.2) is 17.5 Å². The van der Waals surface area contributed by atoms with Crippen molar-refractivity contribution in [3.8, 4) is 55.9 Å². The molecule has 5 nitrogen and oxygen atoms in total. The lowest BCUT2D eigenvalue weighted by molar-refractivity contribution is 0.669. The summed E-state index contributed by atoms with van der Waals surface area (Å²) >= 11 is 3.52. The maximum atomic E-state index is 6.25. The Balaban J connectivity index is 1.07. The minimum absolute atomic E-state index is 0.609. The second kappa shape index (κ2) is 12.0. The topological polar surface area (TPSA) is 64.7 Å². The summed E-state index contributed by atoms with van der Waals surface area (Å²) in [6.45, 7) is 0. The van der Waals surface area contributed by atoms with Crippen molar-refractivity contribution in [3.05, 3.63) is 158 Å². The van der Waals surface area contributed by atoms with Gasteiger partial charge in [-0.05, 0) is 53.6 Å². The number of fused-ring (bicyclic) bond motifs is 7. The molecule has 0 unspecified atom stereocenters. The van der Waals surface area contributed by atoms with Crippen molar-refractivity contribution in [1.29, 1.82) is 0 Å². The number of benzene rings is 7. The fourth-order valence-electron chi connectivity index (χ4n) is 7.31. The van der Waals surface area contributed by atoms with Crippen LogP contribution in [-0.4, -0.2) is 19.9 Å². The van der Waals surface area contributed by atoms with Gasteiger partial charge in [-0.2, -0.15) is 0 Å². The summed E-state index contributed by atoms with van der Waals surface area (Å²) in [5, 5.41) is 5.39. The van der Waals surface area contributed by atoms with E-state index in [1.54, 1.807) is 22.7 Å². The van der Waals surface area contributed by atoms with E-state index >= 15 is 0 Å². The summed E-state index contributed by atoms with van der Waals surface area (Å²) in [6, 6.07) is 54.6. The molecule has 0 saturated carbocycles. The Labute approximate surface area is 311 Å². The molecule has 0 aliphatic heterocycles. The monoisotopic (exact) mass is 714 g/mol. The predicted octanol–water partition coefficient (Wildman–Crippen LogP) is 13.1. The first kappa shape index (κ1) is 30.1. The standard InChI is InChI=1S/C46H26N4OS2/c1-2-11-27(12-3-1)43-48-44(33-16-9-20-37-41(33)31-15-4-6-19-36(31)51-37)50-45(49-43)34-17-10-22-39-42(34)32-24-23-29(26-40(32)52-39)28-13-8-14-30(25-28)46-47-35-18-5-7-21-38(35)53-46/h1-26H. The first-order valence-electron chi connectivity index (χ1n) is 17.4. The highest BCUT2D eigenvalue weighted by molar-refractivity contribution is 7.26. The molecule has 0 bridgehead atoms. The SMILES string of the molecule is c1ccc(-c2nc(-c3cccc4oc5ccccc5c34)nc(-c3cccc4sc5cc(-c6cccc(-c7nc8ccccc8s7)c6)ccc5c34)n2)cc1. The minimum Gasteiger partial charge on any atom is -0.456 e. The van der Waals surface area contributed by atoms with Crippen molar-refractivity contribution >= 4 is 75.0 Å². The van der Waals surface area contributed by atoms with E-state index in [9.17, 15) is 0 Å². The van der Waals surface area contributed by atoms with Crippen LogP contribution in [0.1, 0.15) is 0 Å². The van der Waals surface area contributed by atoms with E-state index in [0.29, 0.717) is 17.5 Å². The van der Waals surface area contributed by atoms with E-state index < -0.39 is 0 Å². The van der Waals surface area contributed by atoms with Crippen LogP contribution < -0.4 is 0 Å². The molecule has 248 valence electrons. The van der Waals surface area contributed by atoms with Gasteiger partial charge in [-0.3, -0.25) is 0 Å². The third-order valence-electron chi connectivity index (χ3n) is 9.79. The number of nitrogens with zero attached hydrogens (tertiary/aromatic N) is 4. The highest BCUT2D eigenvalue weighted by atomic mass is 32.1. The van der Waals surface area contributed by atoms with E-state index in [-0.39, 0.29) is 0 Å². The lowest BCUT2D eigenvalue weighted by atomic mass is 10.00. The molecule has 53 heavy (non-hydrogen) atoms. The average molecular weight is 715 g/mol. The normalized spacial score (nSPS) is 11.8. The average Bonchev–Trinajstić information content (AvgIpc) is 3.94. The van der Waals surface area contributed by atoms with Crippen LogP contribution in [0.15, 0.2) is 162 Å². The highest BCUT2D eigenvalue weighted by Crippen LogP contribution is 2.43. The number of hydrogen-bond donors (Lipinski definition) is 0. The summed E-state index contributed by atoms with van der Waals surface area (Å²) in [6.07, 6.45) is 0. The maximum absolute atomic E-state index is 6.25. The molecule has 0 aliphatic rings. The fraction of sp³-hybridized carbons (Fsp3) is 0. The zero-order valence-electron chi connectivity index (χ0n) is 28.0. The second-order valence-corrected chi connectivity index (χ2v) is 15.1. The fourth-order valence-corrected chi connectivity index (χ4v) is 9.45. The van der Waals surface area contributed by atoms with Gasteiger partial charge in [0.2, 0.25) is 0 Å². The molecule has 11 rings (SSSR count). The number of thiazole rings is 1. The van der Waals surface area contributed by atoms with Gasteiger partial charge in [0.05, 0.1) is 10.2 Å². The molecule has 0 saturated heterocycles. The Bertz CT molecular complexity index is 3160. The van der Waals surface area contributed by atoms with Crippen molar-refractivity contribution in [1.82, 2.24) is 19.9 Å². The largest absolute Gasteiger partial charge is 0.456 e. The number of rotatable bonds is 5. The number of aromatic nitrogens is 4. The first-order chi connectivity index (χ1) is 26.2. The molecular weight excluding hydrogens is 689 g/mol. The van der Waals surface area contributed by atoms with Gasteiger partial charge in [-0.1, -0.05) is 115 Å². The molecule has 0 atom stereocenters. The molecule has 0 aliphatic carbocycles. The number of furan rings is 1. The molecule has 11 aromatic rings. The molecule has 0 N–H and O–H groups in total. The smallest absolute Gasteiger partial charge is 0.164 e. The van der Waals surface area contributed by atoms with Crippen molar-refractivity contribution in [2.24, 2.45) is 0 Å². The maximum Gasteiger partial charge on any atom is 0.164 e. The predicted molar refractivity (Wildman–Crippen MR) is 220 cm³/mol. The third kappa shape index (κ3) is 5.04. The second-order valence-electron chi connectivity index (χ2n) is 13.0. The van der Waals surface area contributed by atoms with Crippen LogP contribution in [0, 0.1) is 0 Å². The van der Waals surface area contributed by atoms with E-state index in [1.807, 2.05) is 66.7 Å². The number of hydrogen-bond acceptors (Lipinski definition) is 7. The molecule has 4 heterocycles. The molecule has 0 amide bonds. The molecule has 0 spiro atoms. The zero-order chi connectivity index (χ0) is 34.9. The van der Waals surface area contributed by atoms with Crippen molar-refractivity contribution in [2.75, 3.05) is 0 Å². The molecule has 0 fully saturated rings. The van der Waals surface area contributed by atoms with Gasteiger partial charge in [-0.25, -0.2) is 19.9 Å². The van der Waals surface area contributed by atoms with Gasteiger partial charge in [0.25, 0.3) is 0 Å². The van der Waals surface area contributed by atoms with Crippen LogP contribution in [0.4, 0.5) is 0 Å². The molecule has 4 aromatic heterocycles. The van der Waals surface area contributed by atoms with Gasteiger partial charge >= 0.3 is 0 Å². The minimum atomic E-state index is 0.609. The van der Waals surface area contributed by atoms with E-state index in [1.165, 1.54) is 25.0 Å².